The summed E-state index contributed by atoms with van der Waals surface area (Å²) in [6, 6.07) is 9.43. The molecule has 0 atom stereocenters. The van der Waals surface area contributed by atoms with Crippen molar-refractivity contribution in [2.45, 2.75) is 6.92 Å². The minimum absolute atomic E-state index is 0.205. The van der Waals surface area contributed by atoms with Gasteiger partial charge in [-0.05, 0) is 19.1 Å². The first kappa shape index (κ1) is 12.0. The van der Waals surface area contributed by atoms with Crippen LogP contribution in [-0.2, 0) is 0 Å². The zero-order valence-corrected chi connectivity index (χ0v) is 10.1. The lowest BCUT2D eigenvalue weighted by molar-refractivity contribution is 0.0983. The lowest BCUT2D eigenvalue weighted by Gasteiger charge is -2.20. The highest BCUT2D eigenvalue weighted by atomic mass is 16.2. The molecule has 1 heterocycles. The van der Waals surface area contributed by atoms with Crippen molar-refractivity contribution in [2.75, 3.05) is 17.2 Å². The van der Waals surface area contributed by atoms with Gasteiger partial charge in [-0.1, -0.05) is 18.2 Å². The lowest BCUT2D eigenvalue weighted by Crippen LogP contribution is -2.31. The molecule has 2 N–H and O–H groups in total. The molecule has 2 aromatic rings. The summed E-state index contributed by atoms with van der Waals surface area (Å²) >= 11 is 0. The molecule has 0 spiro atoms. The van der Waals surface area contributed by atoms with Crippen molar-refractivity contribution in [3.63, 3.8) is 0 Å². The molecule has 0 saturated carbocycles. The van der Waals surface area contributed by atoms with Gasteiger partial charge in [0.05, 0.1) is 12.4 Å². The van der Waals surface area contributed by atoms with Gasteiger partial charge in [-0.3, -0.25) is 9.78 Å². The van der Waals surface area contributed by atoms with Crippen LogP contribution >= 0.6 is 0 Å². The Morgan fingerprint density at radius 1 is 1.28 bits per heavy atom. The van der Waals surface area contributed by atoms with Gasteiger partial charge in [0.15, 0.2) is 0 Å². The topological polar surface area (TPSA) is 72.1 Å². The predicted molar refractivity (Wildman–Crippen MR) is 70.2 cm³/mol. The smallest absolute Gasteiger partial charge is 0.278 e. The molecule has 0 aliphatic carbocycles. The number of rotatable bonds is 3. The van der Waals surface area contributed by atoms with Crippen LogP contribution in [0, 0.1) is 0 Å². The Kier molecular flexibility index (Phi) is 3.52. The number of carbonyl (C=O) groups is 1. The average molecular weight is 242 g/mol. The third-order valence-corrected chi connectivity index (χ3v) is 2.50. The maximum Gasteiger partial charge on any atom is 0.278 e. The first-order chi connectivity index (χ1) is 8.72. The first-order valence-corrected chi connectivity index (χ1v) is 5.66. The number of nitrogens with two attached hydrogens (primary N) is 1. The maximum absolute atomic E-state index is 12.3. The monoisotopic (exact) mass is 242 g/mol. The molecule has 1 aromatic carbocycles. The number of nitrogens with zero attached hydrogens (tertiary/aromatic N) is 3. The number of aromatic nitrogens is 2. The van der Waals surface area contributed by atoms with Crippen LogP contribution in [-0.4, -0.2) is 22.4 Å². The summed E-state index contributed by atoms with van der Waals surface area (Å²) in [4.78, 5) is 21.8. The fourth-order valence-corrected chi connectivity index (χ4v) is 1.67. The van der Waals surface area contributed by atoms with Crippen LogP contribution in [0.2, 0.25) is 0 Å². The lowest BCUT2D eigenvalue weighted by atomic mass is 10.2. The molecule has 2 rings (SSSR count). The molecule has 5 heteroatoms. The molecule has 0 radical (unpaired) electrons. The summed E-state index contributed by atoms with van der Waals surface area (Å²) in [5, 5.41) is 0. The summed E-state index contributed by atoms with van der Waals surface area (Å²) in [6.45, 7) is 2.46. The highest BCUT2D eigenvalue weighted by Gasteiger charge is 2.17. The molecule has 0 fully saturated rings. The zero-order chi connectivity index (χ0) is 13.0. The Balaban J connectivity index is 2.32. The van der Waals surface area contributed by atoms with Crippen molar-refractivity contribution in [1.29, 1.82) is 0 Å². The number of carbonyl (C=O) groups excluding carboxylic acids is 1. The summed E-state index contributed by atoms with van der Waals surface area (Å²) in [7, 11) is 0. The van der Waals surface area contributed by atoms with E-state index in [2.05, 4.69) is 9.97 Å². The van der Waals surface area contributed by atoms with Crippen LogP contribution in [0.1, 0.15) is 17.4 Å². The number of hydrogen-bond donors (Lipinski definition) is 1. The average Bonchev–Trinajstić information content (AvgIpc) is 2.41. The van der Waals surface area contributed by atoms with Crippen LogP contribution in [0.3, 0.4) is 0 Å². The summed E-state index contributed by atoms with van der Waals surface area (Å²) in [5.74, 6) is 0.0356. The molecule has 0 bridgehead atoms. The van der Waals surface area contributed by atoms with E-state index in [-0.39, 0.29) is 17.4 Å². The van der Waals surface area contributed by atoms with Crippen molar-refractivity contribution >= 4 is 17.4 Å². The Labute approximate surface area is 105 Å². The van der Waals surface area contributed by atoms with Crippen molar-refractivity contribution in [3.8, 4) is 0 Å². The zero-order valence-electron chi connectivity index (χ0n) is 10.1. The molecule has 1 aromatic heterocycles. The van der Waals surface area contributed by atoms with E-state index < -0.39 is 0 Å². The summed E-state index contributed by atoms with van der Waals surface area (Å²) in [6.07, 6.45) is 2.83. The SMILES string of the molecule is CCN(C(=O)c1cncc(N)n1)c1ccccc1. The molecule has 18 heavy (non-hydrogen) atoms. The second-order valence-corrected chi connectivity index (χ2v) is 3.71. The van der Waals surface area contributed by atoms with Gasteiger partial charge in [0.2, 0.25) is 0 Å². The Hall–Kier alpha value is -2.43. The Morgan fingerprint density at radius 3 is 2.61 bits per heavy atom. The van der Waals surface area contributed by atoms with Crippen LogP contribution in [0.25, 0.3) is 0 Å². The van der Waals surface area contributed by atoms with E-state index in [1.807, 2.05) is 37.3 Å². The summed E-state index contributed by atoms with van der Waals surface area (Å²) < 4.78 is 0. The highest BCUT2D eigenvalue weighted by Crippen LogP contribution is 2.15. The van der Waals surface area contributed by atoms with E-state index in [9.17, 15) is 4.79 Å². The van der Waals surface area contributed by atoms with Gasteiger partial charge in [-0.25, -0.2) is 4.98 Å². The van der Waals surface area contributed by atoms with Gasteiger partial charge in [-0.2, -0.15) is 0 Å². The van der Waals surface area contributed by atoms with E-state index in [1.54, 1.807) is 4.90 Å². The fourth-order valence-electron chi connectivity index (χ4n) is 1.67. The van der Waals surface area contributed by atoms with E-state index in [4.69, 9.17) is 5.73 Å². The normalized spacial score (nSPS) is 10.1. The van der Waals surface area contributed by atoms with Crippen molar-refractivity contribution < 1.29 is 4.79 Å². The van der Waals surface area contributed by atoms with Crippen LogP contribution in [0.4, 0.5) is 11.5 Å². The van der Waals surface area contributed by atoms with Gasteiger partial charge in [0.25, 0.3) is 5.91 Å². The molecule has 0 saturated heterocycles. The number of benzene rings is 1. The van der Waals surface area contributed by atoms with E-state index >= 15 is 0 Å². The first-order valence-electron chi connectivity index (χ1n) is 5.66. The van der Waals surface area contributed by atoms with Crippen LogP contribution in [0.15, 0.2) is 42.7 Å². The molecule has 0 aliphatic heterocycles. The quantitative estimate of drug-likeness (QED) is 0.889. The second-order valence-electron chi connectivity index (χ2n) is 3.71. The third-order valence-electron chi connectivity index (χ3n) is 2.50. The van der Waals surface area contributed by atoms with Gasteiger partial charge < -0.3 is 10.6 Å². The molecular weight excluding hydrogens is 228 g/mol. The highest BCUT2D eigenvalue weighted by molar-refractivity contribution is 6.04. The van der Waals surface area contributed by atoms with Crippen molar-refractivity contribution in [1.82, 2.24) is 9.97 Å². The van der Waals surface area contributed by atoms with E-state index in [0.29, 0.717) is 6.54 Å². The van der Waals surface area contributed by atoms with Gasteiger partial charge in [-0.15, -0.1) is 0 Å². The number of nitrogen functional groups attached to an aromatic ring is 1. The second kappa shape index (κ2) is 5.27. The predicted octanol–water partition coefficient (Wildman–Crippen LogP) is 1.73. The fraction of sp³-hybridized carbons (Fsp3) is 0.154. The molecule has 0 aliphatic rings. The molecule has 0 unspecified atom stereocenters. The summed E-state index contributed by atoms with van der Waals surface area (Å²) in [5.41, 5.74) is 6.61. The van der Waals surface area contributed by atoms with Crippen molar-refractivity contribution in [3.05, 3.63) is 48.4 Å². The van der Waals surface area contributed by atoms with E-state index in [1.165, 1.54) is 12.4 Å². The minimum Gasteiger partial charge on any atom is -0.382 e. The maximum atomic E-state index is 12.3. The van der Waals surface area contributed by atoms with Crippen LogP contribution in [0.5, 0.6) is 0 Å². The number of amides is 1. The largest absolute Gasteiger partial charge is 0.382 e. The molecule has 92 valence electrons. The third kappa shape index (κ3) is 2.45. The molecular formula is C13H14N4O. The molecule has 1 amide bonds. The Morgan fingerprint density at radius 2 is 2.00 bits per heavy atom. The van der Waals surface area contributed by atoms with E-state index in [0.717, 1.165) is 5.69 Å². The number of para-hydroxylation sites is 1. The van der Waals surface area contributed by atoms with Gasteiger partial charge in [0, 0.05) is 12.2 Å². The number of hydrogen-bond acceptors (Lipinski definition) is 4. The Bertz CT molecular complexity index is 542. The van der Waals surface area contributed by atoms with Crippen LogP contribution < -0.4 is 10.6 Å². The molecule has 5 nitrogen and oxygen atoms in total. The van der Waals surface area contributed by atoms with Crippen molar-refractivity contribution in [2.24, 2.45) is 0 Å². The van der Waals surface area contributed by atoms with Gasteiger partial charge in [0.1, 0.15) is 11.5 Å². The minimum atomic E-state index is -0.205. The number of anilines is 2. The van der Waals surface area contributed by atoms with Gasteiger partial charge >= 0.3 is 0 Å². The standard InChI is InChI=1S/C13H14N4O/c1-2-17(10-6-4-3-5-7-10)13(18)11-8-15-9-12(14)16-11/h3-9H,2H2,1H3,(H2,14,16).